The van der Waals surface area contributed by atoms with E-state index in [2.05, 4.69) is 20.4 Å². The van der Waals surface area contributed by atoms with Crippen molar-refractivity contribution in [2.45, 2.75) is 6.54 Å². The van der Waals surface area contributed by atoms with Crippen LogP contribution in [0.5, 0.6) is 5.75 Å². The molecule has 19 heavy (non-hydrogen) atoms. The predicted molar refractivity (Wildman–Crippen MR) is 70.8 cm³/mol. The van der Waals surface area contributed by atoms with Crippen molar-refractivity contribution in [1.29, 1.82) is 0 Å². The van der Waals surface area contributed by atoms with E-state index in [-0.39, 0.29) is 5.75 Å². The molecule has 0 unspecified atom stereocenters. The van der Waals surface area contributed by atoms with Crippen molar-refractivity contribution in [3.63, 3.8) is 0 Å². The maximum Gasteiger partial charge on any atom is 0.246 e. The van der Waals surface area contributed by atoms with Crippen LogP contribution in [0.25, 0.3) is 11.5 Å². The SMILES string of the molecule is Oc1ccc(NCc2nc(-c3cscn3)no2)cc1. The molecule has 3 aromatic rings. The molecule has 0 spiro atoms. The van der Waals surface area contributed by atoms with E-state index in [1.54, 1.807) is 29.8 Å². The summed E-state index contributed by atoms with van der Waals surface area (Å²) in [5.41, 5.74) is 3.30. The molecule has 2 heterocycles. The predicted octanol–water partition coefficient (Wildman–Crippen LogP) is 2.51. The molecule has 0 saturated carbocycles. The fourth-order valence-electron chi connectivity index (χ4n) is 1.51. The molecular weight excluding hydrogens is 264 g/mol. The Kier molecular flexibility index (Phi) is 3.11. The molecule has 6 nitrogen and oxygen atoms in total. The van der Waals surface area contributed by atoms with Gasteiger partial charge in [-0.1, -0.05) is 5.16 Å². The first-order chi connectivity index (χ1) is 9.31. The number of rotatable bonds is 4. The Balaban J connectivity index is 1.66. The lowest BCUT2D eigenvalue weighted by atomic mass is 10.3. The minimum absolute atomic E-state index is 0.231. The number of aromatic nitrogens is 3. The zero-order chi connectivity index (χ0) is 13.1. The largest absolute Gasteiger partial charge is 0.508 e. The lowest BCUT2D eigenvalue weighted by Gasteiger charge is -2.02. The van der Waals surface area contributed by atoms with Crippen LogP contribution in [0, 0.1) is 0 Å². The molecule has 0 aliphatic rings. The van der Waals surface area contributed by atoms with Crippen molar-refractivity contribution in [3.05, 3.63) is 41.0 Å². The lowest BCUT2D eigenvalue weighted by molar-refractivity contribution is 0.384. The van der Waals surface area contributed by atoms with E-state index in [9.17, 15) is 5.11 Å². The molecule has 0 fully saturated rings. The first-order valence-electron chi connectivity index (χ1n) is 5.55. The van der Waals surface area contributed by atoms with E-state index in [0.29, 0.717) is 24.0 Å². The molecular formula is C12H10N4O2S. The van der Waals surface area contributed by atoms with Crippen molar-refractivity contribution < 1.29 is 9.63 Å². The number of benzene rings is 1. The molecule has 2 N–H and O–H groups in total. The van der Waals surface area contributed by atoms with Gasteiger partial charge in [0.15, 0.2) is 0 Å². The van der Waals surface area contributed by atoms with Crippen LogP contribution >= 0.6 is 11.3 Å². The number of nitrogens with one attached hydrogen (secondary N) is 1. The standard InChI is InChI=1S/C12H10N4O2S/c17-9-3-1-8(2-4-9)13-5-11-15-12(16-18-11)10-6-19-7-14-10/h1-4,6-7,13,17H,5H2. The molecule has 0 atom stereocenters. The summed E-state index contributed by atoms with van der Waals surface area (Å²) < 4.78 is 5.13. The average molecular weight is 274 g/mol. The van der Waals surface area contributed by atoms with Crippen molar-refractivity contribution >= 4 is 17.0 Å². The Bertz CT molecular complexity index is 649. The minimum atomic E-state index is 0.231. The number of phenolic OH excluding ortho intramolecular Hbond substituents is 1. The third-order valence-corrected chi connectivity index (χ3v) is 3.03. The fraction of sp³-hybridized carbons (Fsp3) is 0.0833. The van der Waals surface area contributed by atoms with E-state index in [1.165, 1.54) is 11.3 Å². The Labute approximate surface area is 112 Å². The number of anilines is 1. The highest BCUT2D eigenvalue weighted by Gasteiger charge is 2.09. The van der Waals surface area contributed by atoms with Gasteiger partial charge in [0, 0.05) is 11.1 Å². The molecule has 2 aromatic heterocycles. The summed E-state index contributed by atoms with van der Waals surface area (Å²) in [5, 5.41) is 18.0. The van der Waals surface area contributed by atoms with Crippen molar-refractivity contribution in [3.8, 4) is 17.3 Å². The maximum atomic E-state index is 9.18. The zero-order valence-electron chi connectivity index (χ0n) is 9.78. The van der Waals surface area contributed by atoms with Gasteiger partial charge in [-0.3, -0.25) is 0 Å². The number of thiazole rings is 1. The number of aromatic hydroxyl groups is 1. The number of hydrogen-bond donors (Lipinski definition) is 2. The van der Waals surface area contributed by atoms with Gasteiger partial charge in [-0.25, -0.2) is 4.98 Å². The molecule has 96 valence electrons. The van der Waals surface area contributed by atoms with Crippen LogP contribution < -0.4 is 5.32 Å². The van der Waals surface area contributed by atoms with Crippen LogP contribution in [0.4, 0.5) is 5.69 Å². The Morgan fingerprint density at radius 2 is 2.11 bits per heavy atom. The van der Waals surface area contributed by atoms with Crippen molar-refractivity contribution in [2.75, 3.05) is 5.32 Å². The van der Waals surface area contributed by atoms with Crippen molar-refractivity contribution in [2.24, 2.45) is 0 Å². The molecule has 3 rings (SSSR count). The van der Waals surface area contributed by atoms with Gasteiger partial charge in [-0.05, 0) is 24.3 Å². The number of phenols is 1. The third kappa shape index (κ3) is 2.71. The van der Waals surface area contributed by atoms with Crippen LogP contribution in [0.1, 0.15) is 5.89 Å². The quantitative estimate of drug-likeness (QED) is 0.711. The second-order valence-electron chi connectivity index (χ2n) is 3.79. The van der Waals surface area contributed by atoms with Gasteiger partial charge in [0.05, 0.1) is 12.1 Å². The van der Waals surface area contributed by atoms with Gasteiger partial charge in [-0.15, -0.1) is 11.3 Å². The molecule has 0 bridgehead atoms. The average Bonchev–Trinajstić information content (AvgIpc) is 3.09. The zero-order valence-corrected chi connectivity index (χ0v) is 10.6. The summed E-state index contributed by atoms with van der Waals surface area (Å²) in [5.74, 6) is 1.20. The second kappa shape index (κ2) is 5.07. The first-order valence-corrected chi connectivity index (χ1v) is 6.49. The molecule has 0 aliphatic carbocycles. The maximum absolute atomic E-state index is 9.18. The van der Waals surface area contributed by atoms with Gasteiger partial charge in [0.25, 0.3) is 0 Å². The Hall–Kier alpha value is -2.41. The van der Waals surface area contributed by atoms with Crippen LogP contribution in [0.2, 0.25) is 0 Å². The van der Waals surface area contributed by atoms with E-state index in [1.807, 2.05) is 5.38 Å². The second-order valence-corrected chi connectivity index (χ2v) is 4.50. The highest BCUT2D eigenvalue weighted by molar-refractivity contribution is 7.07. The summed E-state index contributed by atoms with van der Waals surface area (Å²) in [6, 6.07) is 6.76. The van der Waals surface area contributed by atoms with E-state index < -0.39 is 0 Å². The van der Waals surface area contributed by atoms with Gasteiger partial charge in [0.2, 0.25) is 11.7 Å². The van der Waals surface area contributed by atoms with Crippen molar-refractivity contribution in [1.82, 2.24) is 15.1 Å². The van der Waals surface area contributed by atoms with Gasteiger partial charge >= 0.3 is 0 Å². The summed E-state index contributed by atoms with van der Waals surface area (Å²) in [4.78, 5) is 8.35. The summed E-state index contributed by atoms with van der Waals surface area (Å²) in [6.07, 6.45) is 0. The molecule has 0 amide bonds. The van der Waals surface area contributed by atoms with Crippen LogP contribution in [-0.2, 0) is 6.54 Å². The minimum Gasteiger partial charge on any atom is -0.508 e. The molecule has 1 aromatic carbocycles. The smallest absolute Gasteiger partial charge is 0.246 e. The van der Waals surface area contributed by atoms with Gasteiger partial charge < -0.3 is 14.9 Å². The fourth-order valence-corrected chi connectivity index (χ4v) is 2.04. The number of nitrogens with zero attached hydrogens (tertiary/aromatic N) is 3. The Morgan fingerprint density at radius 1 is 1.26 bits per heavy atom. The van der Waals surface area contributed by atoms with E-state index in [0.717, 1.165) is 5.69 Å². The molecule has 0 radical (unpaired) electrons. The van der Waals surface area contributed by atoms with Crippen LogP contribution in [0.15, 0.2) is 39.7 Å². The van der Waals surface area contributed by atoms with E-state index >= 15 is 0 Å². The van der Waals surface area contributed by atoms with Gasteiger partial charge in [-0.2, -0.15) is 4.98 Å². The van der Waals surface area contributed by atoms with Crippen LogP contribution in [-0.4, -0.2) is 20.2 Å². The van der Waals surface area contributed by atoms with Crippen LogP contribution in [0.3, 0.4) is 0 Å². The highest BCUT2D eigenvalue weighted by atomic mass is 32.1. The molecule has 0 saturated heterocycles. The highest BCUT2D eigenvalue weighted by Crippen LogP contribution is 2.17. The Morgan fingerprint density at radius 3 is 2.84 bits per heavy atom. The summed E-state index contributed by atoms with van der Waals surface area (Å²) in [6.45, 7) is 0.419. The normalized spacial score (nSPS) is 10.5. The topological polar surface area (TPSA) is 84.1 Å². The first kappa shape index (κ1) is 11.7. The number of hydrogen-bond acceptors (Lipinski definition) is 7. The van der Waals surface area contributed by atoms with E-state index in [4.69, 9.17) is 4.52 Å². The monoisotopic (exact) mass is 274 g/mol. The third-order valence-electron chi connectivity index (χ3n) is 2.44. The lowest BCUT2D eigenvalue weighted by Crippen LogP contribution is -1.99. The molecule has 0 aliphatic heterocycles. The van der Waals surface area contributed by atoms with Gasteiger partial charge in [0.1, 0.15) is 11.4 Å². The molecule has 7 heteroatoms. The summed E-state index contributed by atoms with van der Waals surface area (Å²) >= 11 is 1.48. The summed E-state index contributed by atoms with van der Waals surface area (Å²) in [7, 11) is 0.